The SMILES string of the molecule is CNC(=O)c1c(-c2ccc(F)cc2)oc2cc(N(C)S(=O)(=O)C(C)C)c(B3OC(C)(C)C(C)(C)O3)cc12. The topological polar surface area (TPSA) is 98.1 Å². The van der Waals surface area contributed by atoms with Gasteiger partial charge in [0.1, 0.15) is 17.2 Å². The molecule has 1 aromatic heterocycles. The average Bonchev–Trinajstić information content (AvgIpc) is 3.30. The highest BCUT2D eigenvalue weighted by molar-refractivity contribution is 7.93. The molecule has 1 aliphatic heterocycles. The summed E-state index contributed by atoms with van der Waals surface area (Å²) in [4.78, 5) is 13.0. The summed E-state index contributed by atoms with van der Waals surface area (Å²) in [5, 5.41) is 2.39. The Morgan fingerprint density at radius 1 is 1.05 bits per heavy atom. The second kappa shape index (κ2) is 9.14. The lowest BCUT2D eigenvalue weighted by Gasteiger charge is -2.32. The number of fused-ring (bicyclic) bond motifs is 1. The summed E-state index contributed by atoms with van der Waals surface area (Å²) >= 11 is 0. The Morgan fingerprint density at radius 3 is 2.14 bits per heavy atom. The number of nitrogens with zero attached hydrogens (tertiary/aromatic N) is 1. The first-order valence-corrected chi connectivity index (χ1v) is 13.5. The minimum Gasteiger partial charge on any atom is -0.455 e. The molecule has 0 spiro atoms. The molecule has 8 nitrogen and oxygen atoms in total. The molecule has 0 aliphatic carbocycles. The van der Waals surface area contributed by atoms with E-state index < -0.39 is 45.3 Å². The van der Waals surface area contributed by atoms with Crippen LogP contribution in [-0.2, 0) is 19.3 Å². The lowest BCUT2D eigenvalue weighted by Crippen LogP contribution is -2.42. The van der Waals surface area contributed by atoms with Gasteiger partial charge in [-0.1, -0.05) is 0 Å². The Kier molecular flexibility index (Phi) is 6.71. The molecular weight excluding hydrogens is 498 g/mol. The second-order valence-corrected chi connectivity index (χ2v) is 13.0. The number of hydrogen-bond donors (Lipinski definition) is 1. The molecule has 198 valence electrons. The average molecular weight is 530 g/mol. The number of nitrogens with one attached hydrogen (secondary N) is 1. The molecule has 1 N–H and O–H groups in total. The van der Waals surface area contributed by atoms with Crippen LogP contribution in [0.25, 0.3) is 22.3 Å². The number of furan rings is 1. The lowest BCUT2D eigenvalue weighted by atomic mass is 9.77. The van der Waals surface area contributed by atoms with Crippen molar-refractivity contribution in [3.05, 3.63) is 47.8 Å². The molecular formula is C26H32BFN2O6S. The van der Waals surface area contributed by atoms with Crippen LogP contribution in [0.1, 0.15) is 51.9 Å². The van der Waals surface area contributed by atoms with Crippen molar-refractivity contribution in [2.24, 2.45) is 0 Å². The summed E-state index contributed by atoms with van der Waals surface area (Å²) in [6, 6.07) is 8.85. The van der Waals surface area contributed by atoms with Gasteiger partial charge in [0, 0.05) is 36.6 Å². The summed E-state index contributed by atoms with van der Waals surface area (Å²) in [5.74, 6) is -0.596. The molecule has 0 radical (unpaired) electrons. The van der Waals surface area contributed by atoms with E-state index >= 15 is 0 Å². The van der Waals surface area contributed by atoms with Crippen LogP contribution in [-0.4, -0.2) is 52.0 Å². The maximum Gasteiger partial charge on any atom is 0.497 e. The second-order valence-electron chi connectivity index (χ2n) is 10.4. The number of benzene rings is 2. The molecule has 2 aromatic carbocycles. The molecule has 1 aliphatic rings. The number of halogens is 1. The van der Waals surface area contributed by atoms with Gasteiger partial charge in [-0.2, -0.15) is 0 Å². The molecule has 1 amide bonds. The Balaban J connectivity index is 2.03. The predicted octanol–water partition coefficient (Wildman–Crippen LogP) is 4.07. The van der Waals surface area contributed by atoms with E-state index in [1.54, 1.807) is 26.0 Å². The zero-order valence-electron chi connectivity index (χ0n) is 22.3. The minimum absolute atomic E-state index is 0.237. The van der Waals surface area contributed by atoms with Crippen molar-refractivity contribution < 1.29 is 31.3 Å². The number of hydrogen-bond acceptors (Lipinski definition) is 6. The maximum absolute atomic E-state index is 13.6. The first-order chi connectivity index (χ1) is 17.1. The first-order valence-electron chi connectivity index (χ1n) is 12.0. The molecule has 0 bridgehead atoms. The fourth-order valence-corrected chi connectivity index (χ4v) is 5.25. The van der Waals surface area contributed by atoms with Crippen molar-refractivity contribution in [1.82, 2.24) is 5.32 Å². The third-order valence-electron chi connectivity index (χ3n) is 7.22. The quantitative estimate of drug-likeness (QED) is 0.483. The van der Waals surface area contributed by atoms with Crippen LogP contribution in [0.4, 0.5) is 10.1 Å². The summed E-state index contributed by atoms with van der Waals surface area (Å²) in [6.45, 7) is 10.8. The predicted molar refractivity (Wildman–Crippen MR) is 143 cm³/mol. The lowest BCUT2D eigenvalue weighted by molar-refractivity contribution is 0.00578. The summed E-state index contributed by atoms with van der Waals surface area (Å²) in [7, 11) is -1.67. The van der Waals surface area contributed by atoms with Crippen molar-refractivity contribution in [2.45, 2.75) is 58.0 Å². The standard InChI is InChI=1S/C26H32BFN2O6S/c1-15(2)37(32,33)30(8)20-14-21-18(13-19(20)27-35-25(3,4)26(5,6)36-27)22(24(31)29-7)23(34-21)16-9-11-17(28)12-10-16/h9-15H,1-8H3,(H,29,31). The third kappa shape index (κ3) is 4.53. The van der Waals surface area contributed by atoms with E-state index in [0.29, 0.717) is 27.7 Å². The van der Waals surface area contributed by atoms with E-state index in [1.165, 1.54) is 42.7 Å². The van der Waals surface area contributed by atoms with Gasteiger partial charge in [-0.25, -0.2) is 12.8 Å². The van der Waals surface area contributed by atoms with Crippen LogP contribution in [0.15, 0.2) is 40.8 Å². The van der Waals surface area contributed by atoms with E-state index in [0.717, 1.165) is 0 Å². The number of sulfonamides is 1. The van der Waals surface area contributed by atoms with E-state index in [4.69, 9.17) is 13.7 Å². The molecule has 1 saturated heterocycles. The Labute approximate surface area is 217 Å². The van der Waals surface area contributed by atoms with Gasteiger partial charge in [0.15, 0.2) is 0 Å². The molecule has 0 saturated carbocycles. The maximum atomic E-state index is 13.6. The smallest absolute Gasteiger partial charge is 0.455 e. The van der Waals surface area contributed by atoms with E-state index in [1.807, 2.05) is 27.7 Å². The highest BCUT2D eigenvalue weighted by Gasteiger charge is 2.53. The number of anilines is 1. The van der Waals surface area contributed by atoms with Crippen LogP contribution in [0, 0.1) is 5.82 Å². The van der Waals surface area contributed by atoms with Gasteiger partial charge >= 0.3 is 7.12 Å². The van der Waals surface area contributed by atoms with Crippen LogP contribution in [0.5, 0.6) is 0 Å². The number of carbonyl (C=O) groups is 1. The normalized spacial score (nSPS) is 17.0. The summed E-state index contributed by atoms with van der Waals surface area (Å²) in [5.41, 5.74) is 0.411. The van der Waals surface area contributed by atoms with Crippen molar-refractivity contribution >= 4 is 45.2 Å². The van der Waals surface area contributed by atoms with Gasteiger partial charge in [0.2, 0.25) is 10.0 Å². The molecule has 2 heterocycles. The van der Waals surface area contributed by atoms with Gasteiger partial charge < -0.3 is 19.0 Å². The number of rotatable bonds is 6. The fraction of sp³-hybridized carbons (Fsp3) is 0.423. The van der Waals surface area contributed by atoms with Crippen molar-refractivity contribution in [3.8, 4) is 11.3 Å². The Morgan fingerprint density at radius 2 is 1.62 bits per heavy atom. The zero-order valence-corrected chi connectivity index (χ0v) is 23.1. The molecule has 1 fully saturated rings. The fourth-order valence-electron chi connectivity index (χ4n) is 4.19. The molecule has 3 aromatic rings. The van der Waals surface area contributed by atoms with Gasteiger partial charge in [-0.05, 0) is 71.9 Å². The van der Waals surface area contributed by atoms with Gasteiger partial charge in [-0.3, -0.25) is 9.10 Å². The number of carbonyl (C=O) groups excluding carboxylic acids is 1. The highest BCUT2D eigenvalue weighted by atomic mass is 32.2. The van der Waals surface area contributed by atoms with Crippen LogP contribution in [0.3, 0.4) is 0 Å². The van der Waals surface area contributed by atoms with E-state index in [-0.39, 0.29) is 11.3 Å². The van der Waals surface area contributed by atoms with E-state index in [9.17, 15) is 17.6 Å². The van der Waals surface area contributed by atoms with Crippen molar-refractivity contribution in [3.63, 3.8) is 0 Å². The third-order valence-corrected chi connectivity index (χ3v) is 9.37. The molecule has 0 atom stereocenters. The van der Waals surface area contributed by atoms with Crippen LogP contribution in [0.2, 0.25) is 0 Å². The minimum atomic E-state index is -3.73. The monoisotopic (exact) mass is 530 g/mol. The van der Waals surface area contributed by atoms with Crippen molar-refractivity contribution in [1.29, 1.82) is 0 Å². The largest absolute Gasteiger partial charge is 0.497 e. The van der Waals surface area contributed by atoms with Gasteiger partial charge in [0.05, 0.1) is 27.7 Å². The molecule has 4 rings (SSSR count). The van der Waals surface area contributed by atoms with E-state index in [2.05, 4.69) is 5.32 Å². The van der Waals surface area contributed by atoms with Gasteiger partial charge in [0.25, 0.3) is 5.91 Å². The van der Waals surface area contributed by atoms with Crippen LogP contribution >= 0.6 is 0 Å². The highest BCUT2D eigenvalue weighted by Crippen LogP contribution is 2.40. The molecule has 0 unspecified atom stereocenters. The Bertz CT molecular complexity index is 1450. The summed E-state index contributed by atoms with van der Waals surface area (Å²) in [6.07, 6.45) is 0. The van der Waals surface area contributed by atoms with Crippen molar-refractivity contribution in [2.75, 3.05) is 18.4 Å². The zero-order chi connectivity index (χ0) is 27.5. The molecule has 37 heavy (non-hydrogen) atoms. The number of amides is 1. The summed E-state index contributed by atoms with van der Waals surface area (Å²) < 4.78 is 59.8. The first kappa shape index (κ1) is 27.2. The van der Waals surface area contributed by atoms with Gasteiger partial charge in [-0.15, -0.1) is 0 Å². The Hall–Kier alpha value is -2.89. The molecule has 11 heteroatoms. The van der Waals surface area contributed by atoms with Crippen LogP contribution < -0.4 is 15.1 Å².